The zero-order valence-electron chi connectivity index (χ0n) is 22.2. The molecule has 1 aliphatic rings. The van der Waals surface area contributed by atoms with Crippen molar-refractivity contribution in [2.75, 3.05) is 26.4 Å². The van der Waals surface area contributed by atoms with Gasteiger partial charge in [-0.1, -0.05) is 96.5 Å². The van der Waals surface area contributed by atoms with Gasteiger partial charge in [0.05, 0.1) is 31.6 Å². The molecule has 0 unspecified atom stereocenters. The standard InChI is InChI=1S/C29H50N2O4/c1-2-3-4-5-6-7-8-9-10-11-12-13-14-17-20-33-23-26-21-28(34-24-26)25-35-29(32)31-22-27-18-15-16-19-30-27/h15-16,18-19,26,28H,2-14,17,20-25H2,1H3,(H,31,32)/t26-,28-/m1/s1. The van der Waals surface area contributed by atoms with E-state index in [-0.39, 0.29) is 12.7 Å². The van der Waals surface area contributed by atoms with E-state index in [4.69, 9.17) is 14.2 Å². The SMILES string of the molecule is CCCCCCCCCCCCCCCCOC[C@@H]1CO[C@@H](COC(=O)NCc2ccccn2)C1. The maximum Gasteiger partial charge on any atom is 0.407 e. The number of hydrogen-bond donors (Lipinski definition) is 1. The van der Waals surface area contributed by atoms with Gasteiger partial charge in [0.2, 0.25) is 0 Å². The first-order valence-electron chi connectivity index (χ1n) is 14.3. The average Bonchev–Trinajstić information content (AvgIpc) is 3.34. The van der Waals surface area contributed by atoms with E-state index in [9.17, 15) is 4.79 Å². The molecule has 1 fully saturated rings. The predicted octanol–water partition coefficient (Wildman–Crippen LogP) is 7.21. The summed E-state index contributed by atoms with van der Waals surface area (Å²) in [5.74, 6) is 0.395. The molecule has 1 N–H and O–H groups in total. The molecule has 35 heavy (non-hydrogen) atoms. The highest BCUT2D eigenvalue weighted by Gasteiger charge is 2.26. The molecule has 6 nitrogen and oxygen atoms in total. The first-order chi connectivity index (χ1) is 17.3. The van der Waals surface area contributed by atoms with Crippen LogP contribution < -0.4 is 5.32 Å². The third-order valence-electron chi connectivity index (χ3n) is 6.70. The second-order valence-corrected chi connectivity index (χ2v) is 10.0. The molecule has 0 saturated carbocycles. The van der Waals surface area contributed by atoms with E-state index < -0.39 is 6.09 Å². The third kappa shape index (κ3) is 15.8. The predicted molar refractivity (Wildman–Crippen MR) is 141 cm³/mol. The van der Waals surface area contributed by atoms with Crippen LogP contribution in [0.1, 0.15) is 109 Å². The van der Waals surface area contributed by atoms with Gasteiger partial charge in [0.25, 0.3) is 0 Å². The quantitative estimate of drug-likeness (QED) is 0.184. The number of hydrogen-bond acceptors (Lipinski definition) is 5. The lowest BCUT2D eigenvalue weighted by atomic mass is 10.0. The lowest BCUT2D eigenvalue weighted by molar-refractivity contribution is 0.0391. The van der Waals surface area contributed by atoms with Gasteiger partial charge in [0.15, 0.2) is 0 Å². The summed E-state index contributed by atoms with van der Waals surface area (Å²) in [4.78, 5) is 16.0. The zero-order valence-corrected chi connectivity index (χ0v) is 22.2. The van der Waals surface area contributed by atoms with Crippen molar-refractivity contribution >= 4 is 6.09 Å². The molecule has 2 heterocycles. The van der Waals surface area contributed by atoms with Gasteiger partial charge >= 0.3 is 6.09 Å². The molecule has 1 aromatic heterocycles. The Bertz CT molecular complexity index is 628. The number of ether oxygens (including phenoxy) is 3. The van der Waals surface area contributed by atoms with Crippen LogP contribution in [0.15, 0.2) is 24.4 Å². The molecular weight excluding hydrogens is 440 g/mol. The molecule has 1 saturated heterocycles. The molecule has 0 radical (unpaired) electrons. The zero-order chi connectivity index (χ0) is 24.8. The van der Waals surface area contributed by atoms with Gasteiger partial charge in [-0.2, -0.15) is 0 Å². The summed E-state index contributed by atoms with van der Waals surface area (Å²) in [6, 6.07) is 5.60. The number of pyridine rings is 1. The van der Waals surface area contributed by atoms with E-state index in [1.54, 1.807) is 6.20 Å². The minimum Gasteiger partial charge on any atom is -0.447 e. The van der Waals surface area contributed by atoms with E-state index in [1.165, 1.54) is 83.5 Å². The van der Waals surface area contributed by atoms with Crippen LogP contribution in [0, 0.1) is 5.92 Å². The van der Waals surface area contributed by atoms with Crippen LogP contribution in [0.2, 0.25) is 0 Å². The molecule has 1 amide bonds. The van der Waals surface area contributed by atoms with Gasteiger partial charge in [0, 0.05) is 18.7 Å². The number of rotatable bonds is 21. The summed E-state index contributed by atoms with van der Waals surface area (Å²) >= 11 is 0. The topological polar surface area (TPSA) is 69.7 Å². The van der Waals surface area contributed by atoms with Crippen LogP contribution in [0.4, 0.5) is 4.79 Å². The second-order valence-electron chi connectivity index (χ2n) is 10.0. The summed E-state index contributed by atoms with van der Waals surface area (Å²) in [5, 5.41) is 2.72. The Labute approximate surface area is 213 Å². The fourth-order valence-electron chi connectivity index (χ4n) is 4.55. The summed E-state index contributed by atoms with van der Waals surface area (Å²) < 4.78 is 16.9. The van der Waals surface area contributed by atoms with Gasteiger partial charge in [0.1, 0.15) is 6.61 Å². The van der Waals surface area contributed by atoms with Crippen LogP contribution in [0.25, 0.3) is 0 Å². The Hall–Kier alpha value is -1.66. The van der Waals surface area contributed by atoms with Crippen LogP contribution in [-0.2, 0) is 20.8 Å². The highest BCUT2D eigenvalue weighted by atomic mass is 16.6. The smallest absolute Gasteiger partial charge is 0.407 e. The number of nitrogens with zero attached hydrogens (tertiary/aromatic N) is 1. The highest BCUT2D eigenvalue weighted by Crippen LogP contribution is 2.20. The van der Waals surface area contributed by atoms with Crippen molar-refractivity contribution < 1.29 is 19.0 Å². The third-order valence-corrected chi connectivity index (χ3v) is 6.70. The highest BCUT2D eigenvalue weighted by molar-refractivity contribution is 5.67. The molecule has 200 valence electrons. The maximum absolute atomic E-state index is 11.9. The normalized spacial score (nSPS) is 17.5. The van der Waals surface area contributed by atoms with Gasteiger partial charge in [-0.25, -0.2) is 4.79 Å². The minimum atomic E-state index is -0.434. The van der Waals surface area contributed by atoms with E-state index in [1.807, 2.05) is 18.2 Å². The van der Waals surface area contributed by atoms with Crippen molar-refractivity contribution in [2.45, 2.75) is 116 Å². The molecular formula is C29H50N2O4. The molecule has 2 atom stereocenters. The van der Waals surface area contributed by atoms with Crippen molar-refractivity contribution in [3.63, 3.8) is 0 Å². The van der Waals surface area contributed by atoms with Gasteiger partial charge < -0.3 is 19.5 Å². The number of carbonyl (C=O) groups excluding carboxylic acids is 1. The minimum absolute atomic E-state index is 0.0368. The lowest BCUT2D eigenvalue weighted by Gasteiger charge is -2.11. The number of alkyl carbamates (subject to hydrolysis) is 1. The van der Waals surface area contributed by atoms with Crippen LogP contribution in [0.5, 0.6) is 0 Å². The maximum atomic E-state index is 11.9. The van der Waals surface area contributed by atoms with Crippen molar-refractivity contribution in [2.24, 2.45) is 5.92 Å². The Morgan fingerprint density at radius 3 is 2.23 bits per heavy atom. The van der Waals surface area contributed by atoms with Crippen molar-refractivity contribution in [1.82, 2.24) is 10.3 Å². The number of unbranched alkanes of at least 4 members (excludes halogenated alkanes) is 13. The molecule has 1 aliphatic heterocycles. The van der Waals surface area contributed by atoms with Crippen molar-refractivity contribution in [1.29, 1.82) is 0 Å². The largest absolute Gasteiger partial charge is 0.447 e. The Kier molecular flexibility index (Phi) is 17.3. The van der Waals surface area contributed by atoms with E-state index in [2.05, 4.69) is 17.2 Å². The number of nitrogens with one attached hydrogen (secondary N) is 1. The van der Waals surface area contributed by atoms with Crippen LogP contribution in [0.3, 0.4) is 0 Å². The number of carbonyl (C=O) groups is 1. The van der Waals surface area contributed by atoms with Gasteiger partial charge in [-0.05, 0) is 25.0 Å². The van der Waals surface area contributed by atoms with E-state index in [0.29, 0.717) is 19.1 Å². The first kappa shape index (κ1) is 29.6. The summed E-state index contributed by atoms with van der Waals surface area (Å²) in [5.41, 5.74) is 0.803. The van der Waals surface area contributed by atoms with Gasteiger partial charge in [-0.3, -0.25) is 4.98 Å². The molecule has 6 heteroatoms. The molecule has 1 aromatic rings. The second kappa shape index (κ2) is 20.5. The molecule has 0 spiro atoms. The molecule has 0 aromatic carbocycles. The van der Waals surface area contributed by atoms with E-state index in [0.717, 1.165) is 31.7 Å². The fourth-order valence-corrected chi connectivity index (χ4v) is 4.55. The van der Waals surface area contributed by atoms with E-state index >= 15 is 0 Å². The Morgan fingerprint density at radius 2 is 1.60 bits per heavy atom. The van der Waals surface area contributed by atoms with Crippen molar-refractivity contribution in [3.8, 4) is 0 Å². The summed E-state index contributed by atoms with van der Waals surface area (Å²) in [6.07, 6.45) is 21.4. The Morgan fingerprint density at radius 1 is 0.943 bits per heavy atom. The fraction of sp³-hybridized carbons (Fsp3) is 0.793. The number of amides is 1. The molecule has 0 aliphatic carbocycles. The lowest BCUT2D eigenvalue weighted by Crippen LogP contribution is -2.27. The van der Waals surface area contributed by atoms with Crippen LogP contribution in [-0.4, -0.2) is 43.6 Å². The summed E-state index contributed by atoms with van der Waals surface area (Å²) in [6.45, 7) is 5.18. The first-order valence-corrected chi connectivity index (χ1v) is 14.3. The van der Waals surface area contributed by atoms with Gasteiger partial charge in [-0.15, -0.1) is 0 Å². The van der Waals surface area contributed by atoms with Crippen molar-refractivity contribution in [3.05, 3.63) is 30.1 Å². The molecule has 2 rings (SSSR count). The number of aromatic nitrogens is 1. The van der Waals surface area contributed by atoms with Crippen LogP contribution >= 0.6 is 0 Å². The average molecular weight is 491 g/mol. The monoisotopic (exact) mass is 490 g/mol. The summed E-state index contributed by atoms with van der Waals surface area (Å²) in [7, 11) is 0. The molecule has 0 bridgehead atoms. The Balaban J connectivity index is 1.31.